The maximum absolute atomic E-state index is 13.4. The molecule has 0 saturated carbocycles. The van der Waals surface area contributed by atoms with Crippen molar-refractivity contribution in [2.45, 2.75) is 37.1 Å². The van der Waals surface area contributed by atoms with Crippen molar-refractivity contribution in [3.8, 4) is 0 Å². The first-order valence-electron chi connectivity index (χ1n) is 9.63. The number of hydrogen-bond acceptors (Lipinski definition) is 7. The molecule has 0 spiro atoms. The van der Waals surface area contributed by atoms with Crippen LogP contribution < -0.4 is 0 Å². The van der Waals surface area contributed by atoms with Gasteiger partial charge in [-0.2, -0.15) is 13.1 Å². The quantitative estimate of drug-likeness (QED) is 0.485. The van der Waals surface area contributed by atoms with E-state index in [9.17, 15) is 8.42 Å². The van der Waals surface area contributed by atoms with E-state index < -0.39 is 10.0 Å². The summed E-state index contributed by atoms with van der Waals surface area (Å²) in [5, 5.41) is 0. The molecule has 10 heteroatoms. The van der Waals surface area contributed by atoms with Crippen LogP contribution in [-0.2, 0) is 16.4 Å². The number of imidazole rings is 1. The average Bonchev–Trinajstić information content (AvgIpc) is 3.45. The van der Waals surface area contributed by atoms with E-state index in [0.717, 1.165) is 48.0 Å². The van der Waals surface area contributed by atoms with Crippen molar-refractivity contribution < 1.29 is 8.42 Å². The monoisotopic (exact) mass is 428 g/mol. The van der Waals surface area contributed by atoms with Gasteiger partial charge in [0.15, 0.2) is 5.65 Å². The Morgan fingerprint density at radius 3 is 2.90 bits per heavy atom. The number of nitrogens with zero attached hydrogens (tertiary/aromatic N) is 6. The Hall–Kier alpha value is -2.43. The van der Waals surface area contributed by atoms with E-state index >= 15 is 0 Å². The maximum atomic E-state index is 13.4. The molecule has 4 heterocycles. The molecule has 5 rings (SSSR count). The van der Waals surface area contributed by atoms with E-state index in [1.165, 1.54) is 0 Å². The van der Waals surface area contributed by atoms with Crippen LogP contribution in [0.4, 0.5) is 0 Å². The molecule has 0 bridgehead atoms. The fourth-order valence-corrected chi connectivity index (χ4v) is 6.27. The molecule has 0 N–H and O–H groups in total. The van der Waals surface area contributed by atoms with Crippen LogP contribution in [0.2, 0.25) is 0 Å². The zero-order valence-electron chi connectivity index (χ0n) is 15.9. The topological polar surface area (TPSA) is 93.9 Å². The molecule has 0 unspecified atom stereocenters. The summed E-state index contributed by atoms with van der Waals surface area (Å²) >= 11 is 1.03. The van der Waals surface area contributed by atoms with Gasteiger partial charge in [0.05, 0.1) is 17.8 Å². The van der Waals surface area contributed by atoms with Crippen LogP contribution in [0.1, 0.15) is 31.6 Å². The second-order valence-corrected chi connectivity index (χ2v) is 9.62. The lowest BCUT2D eigenvalue weighted by molar-refractivity contribution is 0.449. The minimum absolute atomic E-state index is 0.0130. The van der Waals surface area contributed by atoms with Crippen molar-refractivity contribution in [1.29, 1.82) is 0 Å². The highest BCUT2D eigenvalue weighted by molar-refractivity contribution is 7.89. The average molecular weight is 429 g/mol. The van der Waals surface area contributed by atoms with Gasteiger partial charge in [0.1, 0.15) is 27.3 Å². The SMILES string of the molecule is CCCc1nc2cccnc2n1[C@H]1CCN(S(=O)(=O)c2cccc3nsnc23)C1. The second-order valence-electron chi connectivity index (χ2n) is 7.19. The molecular weight excluding hydrogens is 408 g/mol. The molecule has 3 aromatic heterocycles. The lowest BCUT2D eigenvalue weighted by Gasteiger charge is -2.19. The molecular formula is C19H20N6O2S2. The molecule has 1 aliphatic heterocycles. The third-order valence-electron chi connectivity index (χ3n) is 5.35. The van der Waals surface area contributed by atoms with Crippen molar-refractivity contribution in [2.24, 2.45) is 0 Å². The number of rotatable bonds is 5. The third-order valence-corrected chi connectivity index (χ3v) is 7.79. The third kappa shape index (κ3) is 3.02. The molecule has 1 atom stereocenters. The Balaban J connectivity index is 1.51. The highest BCUT2D eigenvalue weighted by atomic mass is 32.2. The molecule has 1 aliphatic rings. The van der Waals surface area contributed by atoms with Crippen LogP contribution in [0.5, 0.6) is 0 Å². The fraction of sp³-hybridized carbons (Fsp3) is 0.368. The summed E-state index contributed by atoms with van der Waals surface area (Å²) in [6, 6.07) is 8.96. The first kappa shape index (κ1) is 18.6. The van der Waals surface area contributed by atoms with E-state index in [1.807, 2.05) is 12.1 Å². The number of benzene rings is 1. The van der Waals surface area contributed by atoms with E-state index in [4.69, 9.17) is 4.98 Å². The number of aryl methyl sites for hydroxylation is 1. The summed E-state index contributed by atoms with van der Waals surface area (Å²) in [4.78, 5) is 9.49. The highest BCUT2D eigenvalue weighted by Gasteiger charge is 2.36. The standard InChI is InChI=1S/C19H20N6O2S2/c1-2-5-17-21-15-7-4-10-20-19(15)25(17)13-9-11-24(12-13)29(26,27)16-8-3-6-14-18(16)23-28-22-14/h3-4,6-8,10,13H,2,5,9,11-12H2,1H3/t13-/m0/s1. The van der Waals surface area contributed by atoms with Crippen LogP contribution in [-0.4, -0.2) is 49.1 Å². The summed E-state index contributed by atoms with van der Waals surface area (Å²) in [6.45, 7) is 2.97. The molecule has 1 fully saturated rings. The van der Waals surface area contributed by atoms with Gasteiger partial charge in [0.25, 0.3) is 0 Å². The summed E-state index contributed by atoms with van der Waals surface area (Å²) < 4.78 is 38.8. The van der Waals surface area contributed by atoms with Gasteiger partial charge >= 0.3 is 0 Å². The summed E-state index contributed by atoms with van der Waals surface area (Å²) in [6.07, 6.45) is 4.29. The molecule has 0 amide bonds. The van der Waals surface area contributed by atoms with Crippen molar-refractivity contribution in [3.05, 3.63) is 42.4 Å². The minimum atomic E-state index is -3.65. The van der Waals surface area contributed by atoms with Gasteiger partial charge in [-0.15, -0.1) is 0 Å². The van der Waals surface area contributed by atoms with Crippen LogP contribution in [0.3, 0.4) is 0 Å². The Kier molecular flexibility index (Phi) is 4.56. The Morgan fingerprint density at radius 2 is 2.03 bits per heavy atom. The lowest BCUT2D eigenvalue weighted by atomic mass is 10.2. The van der Waals surface area contributed by atoms with Gasteiger partial charge in [-0.3, -0.25) is 0 Å². The van der Waals surface area contributed by atoms with Gasteiger partial charge in [0, 0.05) is 25.7 Å². The number of fused-ring (bicyclic) bond motifs is 2. The molecule has 0 radical (unpaired) electrons. The van der Waals surface area contributed by atoms with Gasteiger partial charge < -0.3 is 4.57 Å². The van der Waals surface area contributed by atoms with Crippen LogP contribution in [0.15, 0.2) is 41.4 Å². The fourth-order valence-electron chi connectivity index (χ4n) is 4.03. The predicted molar refractivity (Wildman–Crippen MR) is 111 cm³/mol. The second kappa shape index (κ2) is 7.12. The van der Waals surface area contributed by atoms with Gasteiger partial charge in [0.2, 0.25) is 10.0 Å². The van der Waals surface area contributed by atoms with Crippen molar-refractivity contribution in [2.75, 3.05) is 13.1 Å². The summed E-state index contributed by atoms with van der Waals surface area (Å²) in [5.41, 5.74) is 2.74. The Labute approximate surface area is 172 Å². The van der Waals surface area contributed by atoms with Crippen molar-refractivity contribution >= 4 is 43.9 Å². The number of sulfonamides is 1. The van der Waals surface area contributed by atoms with Crippen LogP contribution in [0.25, 0.3) is 22.2 Å². The molecule has 8 nitrogen and oxygen atoms in total. The first-order chi connectivity index (χ1) is 14.1. The molecule has 1 aromatic carbocycles. The van der Waals surface area contributed by atoms with Crippen LogP contribution >= 0.6 is 11.7 Å². The largest absolute Gasteiger partial charge is 0.308 e. The molecule has 1 saturated heterocycles. The molecule has 150 valence electrons. The van der Waals surface area contributed by atoms with E-state index in [-0.39, 0.29) is 10.9 Å². The van der Waals surface area contributed by atoms with Crippen LogP contribution in [0, 0.1) is 0 Å². The smallest absolute Gasteiger partial charge is 0.245 e. The van der Waals surface area contributed by atoms with Gasteiger partial charge in [-0.1, -0.05) is 13.0 Å². The number of hydrogen-bond donors (Lipinski definition) is 0. The first-order valence-corrected chi connectivity index (χ1v) is 11.8. The molecule has 0 aliphatic carbocycles. The Bertz CT molecular complexity index is 1300. The van der Waals surface area contributed by atoms with Crippen molar-refractivity contribution in [1.82, 2.24) is 27.6 Å². The minimum Gasteiger partial charge on any atom is -0.308 e. The maximum Gasteiger partial charge on any atom is 0.245 e. The summed E-state index contributed by atoms with van der Waals surface area (Å²) in [5.74, 6) is 0.969. The zero-order valence-corrected chi connectivity index (χ0v) is 17.5. The van der Waals surface area contributed by atoms with E-state index in [1.54, 1.807) is 28.7 Å². The molecule has 4 aromatic rings. The lowest BCUT2D eigenvalue weighted by Crippen LogP contribution is -2.29. The van der Waals surface area contributed by atoms with Crippen molar-refractivity contribution in [3.63, 3.8) is 0 Å². The molecule has 29 heavy (non-hydrogen) atoms. The number of aromatic nitrogens is 5. The van der Waals surface area contributed by atoms with Gasteiger partial charge in [-0.05, 0) is 37.1 Å². The zero-order chi connectivity index (χ0) is 20.0. The van der Waals surface area contributed by atoms with Gasteiger partial charge in [-0.25, -0.2) is 18.4 Å². The highest BCUT2D eigenvalue weighted by Crippen LogP contribution is 2.32. The number of pyridine rings is 1. The Morgan fingerprint density at radius 1 is 1.17 bits per heavy atom. The van der Waals surface area contributed by atoms with E-state index in [0.29, 0.717) is 24.1 Å². The summed E-state index contributed by atoms with van der Waals surface area (Å²) in [7, 11) is -3.65. The normalized spacial score (nSPS) is 18.2. The predicted octanol–water partition coefficient (Wildman–Crippen LogP) is 3.02. The van der Waals surface area contributed by atoms with E-state index in [2.05, 4.69) is 25.2 Å².